The van der Waals surface area contributed by atoms with E-state index in [1.54, 1.807) is 0 Å². The molecule has 3 nitrogen and oxygen atoms in total. The molecule has 0 bridgehead atoms. The number of benzene rings is 1. The monoisotopic (exact) mass is 236 g/mol. The first-order valence-electron chi connectivity index (χ1n) is 6.43. The van der Waals surface area contributed by atoms with E-state index in [0.29, 0.717) is 13.1 Å². The molecule has 0 spiro atoms. The largest absolute Gasteiger partial charge is 0.395 e. The number of aliphatic hydroxyl groups excluding tert-OH is 1. The molecule has 0 saturated heterocycles. The first kappa shape index (κ1) is 14.2. The lowest BCUT2D eigenvalue weighted by Gasteiger charge is -2.30. The van der Waals surface area contributed by atoms with E-state index in [2.05, 4.69) is 24.0 Å². The lowest BCUT2D eigenvalue weighted by atomic mass is 10.0. The number of unbranched alkanes of at least 4 members (excludes halogenated alkanes) is 1. The quantitative estimate of drug-likeness (QED) is 0.723. The number of rotatable bonds is 8. The molecule has 96 valence electrons. The molecule has 1 unspecified atom stereocenters. The van der Waals surface area contributed by atoms with E-state index in [1.807, 2.05) is 18.2 Å². The average Bonchev–Trinajstić information content (AvgIpc) is 2.38. The van der Waals surface area contributed by atoms with Gasteiger partial charge in [-0.3, -0.25) is 4.90 Å². The van der Waals surface area contributed by atoms with Crippen LogP contribution in [-0.4, -0.2) is 36.2 Å². The van der Waals surface area contributed by atoms with Crippen LogP contribution in [0.2, 0.25) is 0 Å². The Morgan fingerprint density at radius 3 is 2.47 bits per heavy atom. The summed E-state index contributed by atoms with van der Waals surface area (Å²) in [6.45, 7) is 4.64. The zero-order chi connectivity index (χ0) is 12.5. The summed E-state index contributed by atoms with van der Waals surface area (Å²) < 4.78 is 0. The molecule has 0 amide bonds. The van der Waals surface area contributed by atoms with E-state index in [9.17, 15) is 0 Å². The molecule has 0 aliphatic rings. The van der Waals surface area contributed by atoms with Crippen LogP contribution in [0.1, 0.15) is 31.4 Å². The molecule has 0 radical (unpaired) electrons. The minimum Gasteiger partial charge on any atom is -0.395 e. The molecular formula is C14H24N2O. The van der Waals surface area contributed by atoms with Crippen molar-refractivity contribution in [3.8, 4) is 0 Å². The van der Waals surface area contributed by atoms with Crippen molar-refractivity contribution in [1.29, 1.82) is 0 Å². The number of nitrogens with zero attached hydrogens (tertiary/aromatic N) is 1. The first-order valence-corrected chi connectivity index (χ1v) is 6.43. The van der Waals surface area contributed by atoms with E-state index < -0.39 is 0 Å². The van der Waals surface area contributed by atoms with Crippen LogP contribution in [-0.2, 0) is 0 Å². The molecule has 1 atom stereocenters. The average molecular weight is 236 g/mol. The van der Waals surface area contributed by atoms with Crippen LogP contribution in [0.25, 0.3) is 0 Å². The number of aliphatic hydroxyl groups is 1. The lowest BCUT2D eigenvalue weighted by Crippen LogP contribution is -2.36. The Balaban J connectivity index is 2.73. The molecule has 17 heavy (non-hydrogen) atoms. The van der Waals surface area contributed by atoms with Crippen molar-refractivity contribution in [3.63, 3.8) is 0 Å². The van der Waals surface area contributed by atoms with Gasteiger partial charge < -0.3 is 10.8 Å². The van der Waals surface area contributed by atoms with Crippen molar-refractivity contribution in [1.82, 2.24) is 4.90 Å². The number of nitrogens with two attached hydrogens (primary N) is 1. The predicted octanol–water partition coefficient (Wildman–Crippen LogP) is 1.78. The Morgan fingerprint density at radius 1 is 1.24 bits per heavy atom. The third kappa shape index (κ3) is 4.46. The summed E-state index contributed by atoms with van der Waals surface area (Å²) in [7, 11) is 0. The third-order valence-corrected chi connectivity index (χ3v) is 3.03. The van der Waals surface area contributed by atoms with E-state index in [4.69, 9.17) is 10.8 Å². The van der Waals surface area contributed by atoms with Crippen LogP contribution in [0.15, 0.2) is 30.3 Å². The second-order valence-electron chi connectivity index (χ2n) is 4.28. The highest BCUT2D eigenvalue weighted by Gasteiger charge is 2.17. The Morgan fingerprint density at radius 2 is 1.94 bits per heavy atom. The van der Waals surface area contributed by atoms with Gasteiger partial charge in [-0.2, -0.15) is 0 Å². The van der Waals surface area contributed by atoms with Gasteiger partial charge in [0.25, 0.3) is 0 Å². The van der Waals surface area contributed by atoms with Gasteiger partial charge in [-0.15, -0.1) is 0 Å². The fourth-order valence-corrected chi connectivity index (χ4v) is 2.08. The Kier molecular flexibility index (Phi) is 6.86. The smallest absolute Gasteiger partial charge is 0.0558 e. The second-order valence-corrected chi connectivity index (χ2v) is 4.28. The van der Waals surface area contributed by atoms with Crippen molar-refractivity contribution in [2.24, 2.45) is 5.73 Å². The highest BCUT2D eigenvalue weighted by molar-refractivity contribution is 5.19. The van der Waals surface area contributed by atoms with E-state index >= 15 is 0 Å². The van der Waals surface area contributed by atoms with Crippen LogP contribution in [0.4, 0.5) is 0 Å². The van der Waals surface area contributed by atoms with Gasteiger partial charge in [0, 0.05) is 19.1 Å². The molecule has 0 aromatic heterocycles. The van der Waals surface area contributed by atoms with Crippen LogP contribution in [0.5, 0.6) is 0 Å². The molecule has 0 fully saturated rings. The maximum Gasteiger partial charge on any atom is 0.0558 e. The van der Waals surface area contributed by atoms with Crippen molar-refractivity contribution in [3.05, 3.63) is 35.9 Å². The molecule has 1 aromatic rings. The second kappa shape index (κ2) is 8.23. The Hall–Kier alpha value is -0.900. The van der Waals surface area contributed by atoms with Crippen LogP contribution in [0.3, 0.4) is 0 Å². The SMILES string of the molecule is CCCCN(CCO)C(CN)c1ccccc1. The molecule has 3 heteroatoms. The maximum atomic E-state index is 9.14. The van der Waals surface area contributed by atoms with Crippen molar-refractivity contribution in [2.45, 2.75) is 25.8 Å². The van der Waals surface area contributed by atoms with E-state index in [1.165, 1.54) is 5.56 Å². The van der Waals surface area contributed by atoms with Crippen LogP contribution >= 0.6 is 0 Å². The zero-order valence-electron chi connectivity index (χ0n) is 10.7. The van der Waals surface area contributed by atoms with Gasteiger partial charge in [-0.25, -0.2) is 0 Å². The Bertz CT molecular complexity index is 290. The molecule has 0 saturated carbocycles. The lowest BCUT2D eigenvalue weighted by molar-refractivity contribution is 0.151. The summed E-state index contributed by atoms with van der Waals surface area (Å²) >= 11 is 0. The summed E-state index contributed by atoms with van der Waals surface area (Å²) in [5.41, 5.74) is 7.12. The minimum absolute atomic E-state index is 0.188. The van der Waals surface area contributed by atoms with E-state index in [0.717, 1.165) is 19.4 Å². The van der Waals surface area contributed by atoms with Gasteiger partial charge in [0.1, 0.15) is 0 Å². The van der Waals surface area contributed by atoms with Gasteiger partial charge in [0.05, 0.1) is 6.61 Å². The van der Waals surface area contributed by atoms with Crippen molar-refractivity contribution in [2.75, 3.05) is 26.2 Å². The minimum atomic E-state index is 0.188. The highest BCUT2D eigenvalue weighted by atomic mass is 16.3. The summed E-state index contributed by atoms with van der Waals surface area (Å²) in [5.74, 6) is 0. The van der Waals surface area contributed by atoms with Crippen molar-refractivity contribution < 1.29 is 5.11 Å². The standard InChI is InChI=1S/C14H24N2O/c1-2-3-9-16(10-11-17)14(12-15)13-7-5-4-6-8-13/h4-8,14,17H,2-3,9-12,15H2,1H3. The molecule has 3 N–H and O–H groups in total. The first-order chi connectivity index (χ1) is 8.33. The number of hydrogen-bond acceptors (Lipinski definition) is 3. The summed E-state index contributed by atoms with van der Waals surface area (Å²) in [6.07, 6.45) is 2.30. The van der Waals surface area contributed by atoms with Crippen LogP contribution < -0.4 is 5.73 Å². The fourth-order valence-electron chi connectivity index (χ4n) is 2.08. The molecule has 1 aromatic carbocycles. The van der Waals surface area contributed by atoms with Crippen LogP contribution in [0, 0.1) is 0 Å². The van der Waals surface area contributed by atoms with Gasteiger partial charge in [-0.05, 0) is 18.5 Å². The Labute approximate surface area is 104 Å². The fraction of sp³-hybridized carbons (Fsp3) is 0.571. The van der Waals surface area contributed by atoms with E-state index in [-0.39, 0.29) is 12.6 Å². The van der Waals surface area contributed by atoms with Gasteiger partial charge in [0.2, 0.25) is 0 Å². The summed E-state index contributed by atoms with van der Waals surface area (Å²) in [5, 5.41) is 9.14. The van der Waals surface area contributed by atoms with Gasteiger partial charge in [0.15, 0.2) is 0 Å². The predicted molar refractivity (Wildman–Crippen MR) is 71.8 cm³/mol. The summed E-state index contributed by atoms with van der Waals surface area (Å²) in [4.78, 5) is 2.28. The molecule has 0 aliphatic carbocycles. The molecule has 1 rings (SSSR count). The van der Waals surface area contributed by atoms with Gasteiger partial charge in [-0.1, -0.05) is 43.7 Å². The maximum absolute atomic E-state index is 9.14. The topological polar surface area (TPSA) is 49.5 Å². The summed E-state index contributed by atoms with van der Waals surface area (Å²) in [6, 6.07) is 10.5. The third-order valence-electron chi connectivity index (χ3n) is 3.03. The molecule has 0 heterocycles. The molecule has 0 aliphatic heterocycles. The zero-order valence-corrected chi connectivity index (χ0v) is 10.7. The number of hydrogen-bond donors (Lipinski definition) is 2. The van der Waals surface area contributed by atoms with Gasteiger partial charge >= 0.3 is 0 Å². The highest BCUT2D eigenvalue weighted by Crippen LogP contribution is 2.19. The normalized spacial score (nSPS) is 12.9. The molecular weight excluding hydrogens is 212 g/mol. The van der Waals surface area contributed by atoms with Crippen molar-refractivity contribution >= 4 is 0 Å².